The van der Waals surface area contributed by atoms with E-state index in [1.807, 2.05) is 0 Å². The van der Waals surface area contributed by atoms with E-state index < -0.39 is 11.4 Å². The SMILES string of the molecule is COc1c(C(C)(C)N)cc(C)c(O)c1F. The molecule has 3 N–H and O–H groups in total. The fraction of sp³-hybridized carbons (Fsp3) is 0.455. The van der Waals surface area contributed by atoms with E-state index in [1.165, 1.54) is 7.11 Å². The van der Waals surface area contributed by atoms with Crippen LogP contribution in [-0.4, -0.2) is 12.2 Å². The molecule has 15 heavy (non-hydrogen) atoms. The molecule has 0 amide bonds. The summed E-state index contributed by atoms with van der Waals surface area (Å²) in [6.45, 7) is 5.12. The minimum absolute atomic E-state index is 0.00519. The van der Waals surface area contributed by atoms with E-state index >= 15 is 0 Å². The Hall–Kier alpha value is -1.29. The van der Waals surface area contributed by atoms with Gasteiger partial charge in [0.05, 0.1) is 7.11 Å². The van der Waals surface area contributed by atoms with Gasteiger partial charge in [0.15, 0.2) is 11.5 Å². The zero-order chi connectivity index (χ0) is 11.8. The van der Waals surface area contributed by atoms with Crippen LogP contribution in [0.2, 0.25) is 0 Å². The number of hydrogen-bond donors (Lipinski definition) is 2. The Labute approximate surface area is 88.7 Å². The highest BCUT2D eigenvalue weighted by atomic mass is 19.1. The van der Waals surface area contributed by atoms with Gasteiger partial charge in [0.25, 0.3) is 0 Å². The number of benzene rings is 1. The molecule has 0 aromatic heterocycles. The summed E-state index contributed by atoms with van der Waals surface area (Å²) >= 11 is 0. The van der Waals surface area contributed by atoms with Crippen molar-refractivity contribution < 1.29 is 14.2 Å². The van der Waals surface area contributed by atoms with Gasteiger partial charge in [-0.2, -0.15) is 4.39 Å². The van der Waals surface area contributed by atoms with Crippen molar-refractivity contribution in [3.63, 3.8) is 0 Å². The molecular formula is C11H16FNO2. The third-order valence-corrected chi connectivity index (χ3v) is 2.28. The smallest absolute Gasteiger partial charge is 0.207 e. The molecule has 1 aromatic rings. The number of phenols is 1. The monoisotopic (exact) mass is 213 g/mol. The van der Waals surface area contributed by atoms with Gasteiger partial charge in [0.1, 0.15) is 0 Å². The summed E-state index contributed by atoms with van der Waals surface area (Å²) in [5.41, 5.74) is 6.16. The van der Waals surface area contributed by atoms with Gasteiger partial charge >= 0.3 is 0 Å². The minimum atomic E-state index is -0.758. The van der Waals surface area contributed by atoms with Gasteiger partial charge in [0.2, 0.25) is 5.82 Å². The van der Waals surface area contributed by atoms with Gasteiger partial charge < -0.3 is 15.6 Å². The summed E-state index contributed by atoms with van der Waals surface area (Å²) in [5, 5.41) is 9.41. The van der Waals surface area contributed by atoms with Crippen molar-refractivity contribution in [2.45, 2.75) is 26.3 Å². The normalized spacial score (nSPS) is 11.6. The molecule has 0 atom stereocenters. The Bertz CT molecular complexity index is 383. The second kappa shape index (κ2) is 3.70. The lowest BCUT2D eigenvalue weighted by atomic mass is 9.92. The molecule has 0 unspecified atom stereocenters. The molecule has 0 aliphatic carbocycles. The lowest BCUT2D eigenvalue weighted by Crippen LogP contribution is -2.29. The van der Waals surface area contributed by atoms with Crippen LogP contribution in [0, 0.1) is 12.7 Å². The van der Waals surface area contributed by atoms with Crippen molar-refractivity contribution in [2.24, 2.45) is 5.73 Å². The van der Waals surface area contributed by atoms with Crippen LogP contribution in [0.4, 0.5) is 4.39 Å². The third-order valence-electron chi connectivity index (χ3n) is 2.28. The Balaban J connectivity index is 3.53. The molecule has 0 spiro atoms. The average Bonchev–Trinajstić information content (AvgIpc) is 2.12. The van der Waals surface area contributed by atoms with E-state index in [4.69, 9.17) is 10.5 Å². The number of phenolic OH excluding ortho intramolecular Hbond substituents is 1. The number of halogens is 1. The first kappa shape index (κ1) is 11.8. The van der Waals surface area contributed by atoms with Gasteiger partial charge in [-0.15, -0.1) is 0 Å². The molecule has 0 fully saturated rings. The summed E-state index contributed by atoms with van der Waals surface area (Å²) in [7, 11) is 1.35. The summed E-state index contributed by atoms with van der Waals surface area (Å²) in [4.78, 5) is 0. The van der Waals surface area contributed by atoms with Crippen LogP contribution in [0.5, 0.6) is 11.5 Å². The predicted octanol–water partition coefficient (Wildman–Crippen LogP) is 2.04. The third kappa shape index (κ3) is 2.04. The Morgan fingerprint density at radius 1 is 1.47 bits per heavy atom. The maximum atomic E-state index is 13.6. The van der Waals surface area contributed by atoms with Crippen molar-refractivity contribution in [3.05, 3.63) is 23.0 Å². The Morgan fingerprint density at radius 3 is 2.40 bits per heavy atom. The second-order valence-electron chi connectivity index (χ2n) is 4.16. The lowest BCUT2D eigenvalue weighted by Gasteiger charge is -2.23. The minimum Gasteiger partial charge on any atom is -0.505 e. The molecule has 0 bridgehead atoms. The number of aryl methyl sites for hydroxylation is 1. The number of rotatable bonds is 2. The van der Waals surface area contributed by atoms with Crippen molar-refractivity contribution in [1.82, 2.24) is 0 Å². The number of hydrogen-bond acceptors (Lipinski definition) is 3. The Morgan fingerprint density at radius 2 is 2.00 bits per heavy atom. The number of methoxy groups -OCH3 is 1. The summed E-state index contributed by atoms with van der Waals surface area (Å²) in [6.07, 6.45) is 0. The van der Waals surface area contributed by atoms with Gasteiger partial charge in [-0.3, -0.25) is 0 Å². The van der Waals surface area contributed by atoms with Crippen LogP contribution >= 0.6 is 0 Å². The topological polar surface area (TPSA) is 55.5 Å². The highest BCUT2D eigenvalue weighted by molar-refractivity contribution is 5.49. The largest absolute Gasteiger partial charge is 0.505 e. The van der Waals surface area contributed by atoms with Gasteiger partial charge in [-0.1, -0.05) is 0 Å². The standard InChI is InChI=1S/C11H16FNO2/c1-6-5-7(11(2,3)13)10(15-4)8(12)9(6)14/h5,14H,13H2,1-4H3. The molecule has 1 rings (SSSR count). The van der Waals surface area contributed by atoms with Crippen LogP contribution < -0.4 is 10.5 Å². The first-order chi connectivity index (χ1) is 6.79. The van der Waals surface area contributed by atoms with E-state index in [0.29, 0.717) is 11.1 Å². The highest BCUT2D eigenvalue weighted by Crippen LogP contribution is 2.37. The second-order valence-corrected chi connectivity index (χ2v) is 4.16. The van der Waals surface area contributed by atoms with Crippen LogP contribution in [0.3, 0.4) is 0 Å². The molecule has 0 heterocycles. The number of aromatic hydroxyl groups is 1. The molecule has 0 radical (unpaired) electrons. The number of ether oxygens (including phenoxy) is 1. The van der Waals surface area contributed by atoms with Gasteiger partial charge in [-0.05, 0) is 32.4 Å². The predicted molar refractivity (Wildman–Crippen MR) is 56.6 cm³/mol. The first-order valence-electron chi connectivity index (χ1n) is 4.64. The fourth-order valence-corrected chi connectivity index (χ4v) is 1.43. The van der Waals surface area contributed by atoms with Crippen LogP contribution in [0.15, 0.2) is 6.07 Å². The molecular weight excluding hydrogens is 197 g/mol. The molecule has 0 aliphatic heterocycles. The average molecular weight is 213 g/mol. The van der Waals surface area contributed by atoms with Crippen molar-refractivity contribution in [3.8, 4) is 11.5 Å². The van der Waals surface area contributed by atoms with Crippen LogP contribution in [-0.2, 0) is 5.54 Å². The molecule has 0 aliphatic rings. The van der Waals surface area contributed by atoms with Crippen molar-refractivity contribution in [1.29, 1.82) is 0 Å². The van der Waals surface area contributed by atoms with E-state index in [0.717, 1.165) is 0 Å². The lowest BCUT2D eigenvalue weighted by molar-refractivity contribution is 0.348. The quantitative estimate of drug-likeness (QED) is 0.790. The van der Waals surface area contributed by atoms with Gasteiger partial charge in [0, 0.05) is 11.1 Å². The molecule has 84 valence electrons. The molecule has 1 aromatic carbocycles. The fourth-order valence-electron chi connectivity index (χ4n) is 1.43. The summed E-state index contributed by atoms with van der Waals surface area (Å²) in [6, 6.07) is 1.64. The van der Waals surface area contributed by atoms with Crippen molar-refractivity contribution in [2.75, 3.05) is 7.11 Å². The maximum absolute atomic E-state index is 13.6. The zero-order valence-electron chi connectivity index (χ0n) is 9.39. The highest BCUT2D eigenvalue weighted by Gasteiger charge is 2.25. The van der Waals surface area contributed by atoms with E-state index in [2.05, 4.69) is 0 Å². The first-order valence-corrected chi connectivity index (χ1v) is 4.64. The molecule has 0 saturated carbocycles. The molecule has 0 saturated heterocycles. The van der Waals surface area contributed by atoms with Gasteiger partial charge in [-0.25, -0.2) is 0 Å². The van der Waals surface area contributed by atoms with Crippen LogP contribution in [0.25, 0.3) is 0 Å². The Kier molecular flexibility index (Phi) is 2.90. The van der Waals surface area contributed by atoms with Crippen molar-refractivity contribution >= 4 is 0 Å². The van der Waals surface area contributed by atoms with E-state index in [-0.39, 0.29) is 11.5 Å². The zero-order valence-corrected chi connectivity index (χ0v) is 9.39. The van der Waals surface area contributed by atoms with E-state index in [9.17, 15) is 9.50 Å². The van der Waals surface area contributed by atoms with E-state index in [1.54, 1.807) is 26.8 Å². The maximum Gasteiger partial charge on any atom is 0.207 e. The summed E-state index contributed by atoms with van der Waals surface area (Å²) < 4.78 is 18.5. The summed E-state index contributed by atoms with van der Waals surface area (Å²) in [5.74, 6) is -1.14. The number of nitrogens with two attached hydrogens (primary N) is 1. The molecule has 4 heteroatoms. The van der Waals surface area contributed by atoms with Crippen LogP contribution in [0.1, 0.15) is 25.0 Å². The molecule has 3 nitrogen and oxygen atoms in total.